The lowest BCUT2D eigenvalue weighted by molar-refractivity contribution is -0.111. The maximum atomic E-state index is 11.9. The number of anilines is 1. The second-order valence-electron chi connectivity index (χ2n) is 4.09. The first-order valence-electron chi connectivity index (χ1n) is 6.15. The van der Waals surface area contributed by atoms with E-state index in [4.69, 9.17) is 11.6 Å². The Labute approximate surface area is 131 Å². The summed E-state index contributed by atoms with van der Waals surface area (Å²) >= 11 is 7.30. The molecule has 0 aliphatic rings. The van der Waals surface area contributed by atoms with Crippen molar-refractivity contribution in [3.05, 3.63) is 57.9 Å². The highest BCUT2D eigenvalue weighted by atomic mass is 35.5. The van der Waals surface area contributed by atoms with Crippen LogP contribution in [0.3, 0.4) is 0 Å². The quantitative estimate of drug-likeness (QED) is 0.848. The Balaban J connectivity index is 2.08. The Kier molecular flexibility index (Phi) is 5.14. The molecule has 2 aromatic rings. The fraction of sp³-hybridized carbons (Fsp3) is 0.0667. The number of carbonyl (C=O) groups excluding carboxylic acids is 2. The van der Waals surface area contributed by atoms with E-state index in [0.717, 1.165) is 5.56 Å². The molecular formula is C15H13ClN2O2S. The number of halogens is 1. The van der Waals surface area contributed by atoms with Crippen molar-refractivity contribution < 1.29 is 9.59 Å². The average Bonchev–Trinajstić information content (AvgIpc) is 2.93. The average molecular weight is 321 g/mol. The second-order valence-corrected chi connectivity index (χ2v) is 5.41. The summed E-state index contributed by atoms with van der Waals surface area (Å²) in [5.74, 6) is -0.552. The molecule has 21 heavy (non-hydrogen) atoms. The van der Waals surface area contributed by atoms with E-state index in [-0.39, 0.29) is 11.8 Å². The van der Waals surface area contributed by atoms with Gasteiger partial charge in [-0.2, -0.15) is 0 Å². The third kappa shape index (κ3) is 3.93. The number of rotatable bonds is 4. The first kappa shape index (κ1) is 15.3. The van der Waals surface area contributed by atoms with Crippen LogP contribution < -0.4 is 10.6 Å². The Hall–Kier alpha value is -2.11. The van der Waals surface area contributed by atoms with Crippen molar-refractivity contribution in [3.63, 3.8) is 0 Å². The topological polar surface area (TPSA) is 58.2 Å². The van der Waals surface area contributed by atoms with Gasteiger partial charge in [-0.1, -0.05) is 29.8 Å². The minimum atomic E-state index is -0.317. The van der Waals surface area contributed by atoms with E-state index in [1.54, 1.807) is 30.6 Å². The largest absolute Gasteiger partial charge is 0.355 e. The second kappa shape index (κ2) is 7.06. The van der Waals surface area contributed by atoms with Crippen LogP contribution in [0.5, 0.6) is 0 Å². The minimum absolute atomic E-state index is 0.235. The Morgan fingerprint density at radius 2 is 2.00 bits per heavy atom. The molecule has 2 rings (SSSR count). The molecule has 0 saturated carbocycles. The normalized spacial score (nSPS) is 10.6. The monoisotopic (exact) mass is 320 g/mol. The van der Waals surface area contributed by atoms with Gasteiger partial charge in [-0.15, -0.1) is 11.3 Å². The lowest BCUT2D eigenvalue weighted by Gasteiger charge is -2.03. The summed E-state index contributed by atoms with van der Waals surface area (Å²) in [7, 11) is 1.54. The van der Waals surface area contributed by atoms with Crippen molar-refractivity contribution >= 4 is 45.8 Å². The maximum absolute atomic E-state index is 11.9. The van der Waals surface area contributed by atoms with Crippen LogP contribution >= 0.6 is 22.9 Å². The van der Waals surface area contributed by atoms with Crippen LogP contribution in [0.25, 0.3) is 6.08 Å². The number of hydrogen-bond donors (Lipinski definition) is 2. The molecule has 0 unspecified atom stereocenters. The van der Waals surface area contributed by atoms with Crippen LogP contribution in [0.2, 0.25) is 5.02 Å². The number of hydrogen-bond acceptors (Lipinski definition) is 3. The number of nitrogens with one attached hydrogen (secondary N) is 2. The van der Waals surface area contributed by atoms with Crippen molar-refractivity contribution in [2.45, 2.75) is 0 Å². The fourth-order valence-electron chi connectivity index (χ4n) is 1.65. The summed E-state index contributed by atoms with van der Waals surface area (Å²) in [5.41, 5.74) is 1.20. The summed E-state index contributed by atoms with van der Waals surface area (Å²) in [6.07, 6.45) is 3.01. The summed E-state index contributed by atoms with van der Waals surface area (Å²) in [6.45, 7) is 0. The third-order valence-corrected chi connectivity index (χ3v) is 3.87. The van der Waals surface area contributed by atoms with Crippen molar-refractivity contribution in [1.29, 1.82) is 0 Å². The lowest BCUT2D eigenvalue weighted by Crippen LogP contribution is -2.19. The molecule has 1 aromatic carbocycles. The van der Waals surface area contributed by atoms with Gasteiger partial charge in [0.2, 0.25) is 5.91 Å². The smallest absolute Gasteiger partial charge is 0.254 e. The molecule has 0 aliphatic carbocycles. The van der Waals surface area contributed by atoms with E-state index >= 15 is 0 Å². The van der Waals surface area contributed by atoms with Crippen LogP contribution in [0.4, 0.5) is 5.00 Å². The van der Waals surface area contributed by atoms with Gasteiger partial charge in [0.15, 0.2) is 0 Å². The van der Waals surface area contributed by atoms with Gasteiger partial charge in [-0.05, 0) is 29.2 Å². The molecule has 108 valence electrons. The molecule has 0 aliphatic heterocycles. The molecule has 1 aromatic heterocycles. The van der Waals surface area contributed by atoms with E-state index in [1.165, 1.54) is 17.4 Å². The number of amides is 2. The van der Waals surface area contributed by atoms with Gasteiger partial charge in [-0.25, -0.2) is 0 Å². The summed E-state index contributed by atoms with van der Waals surface area (Å²) in [5, 5.41) is 8.05. The number of benzene rings is 1. The molecule has 0 bridgehead atoms. The van der Waals surface area contributed by atoms with Gasteiger partial charge in [-0.3, -0.25) is 9.59 Å². The molecule has 6 heteroatoms. The van der Waals surface area contributed by atoms with Crippen molar-refractivity contribution in [3.8, 4) is 0 Å². The third-order valence-electron chi connectivity index (χ3n) is 2.69. The zero-order valence-electron chi connectivity index (χ0n) is 11.2. The van der Waals surface area contributed by atoms with Gasteiger partial charge in [0.1, 0.15) is 5.00 Å². The Morgan fingerprint density at radius 1 is 1.24 bits per heavy atom. The predicted molar refractivity (Wildman–Crippen MR) is 86.8 cm³/mol. The molecule has 4 nitrogen and oxygen atoms in total. The maximum Gasteiger partial charge on any atom is 0.254 e. The van der Waals surface area contributed by atoms with E-state index in [9.17, 15) is 9.59 Å². The predicted octanol–water partition coefficient (Wildman–Crippen LogP) is 3.41. The highest BCUT2D eigenvalue weighted by Gasteiger charge is 2.12. The highest BCUT2D eigenvalue weighted by molar-refractivity contribution is 7.14. The van der Waals surface area contributed by atoms with E-state index < -0.39 is 0 Å². The Morgan fingerprint density at radius 3 is 2.71 bits per heavy atom. The minimum Gasteiger partial charge on any atom is -0.355 e. The molecular weight excluding hydrogens is 308 g/mol. The first-order chi connectivity index (χ1) is 10.1. The summed E-state index contributed by atoms with van der Waals surface area (Å²) in [6, 6.07) is 8.89. The van der Waals surface area contributed by atoms with Crippen molar-refractivity contribution in [1.82, 2.24) is 5.32 Å². The highest BCUT2D eigenvalue weighted by Crippen LogP contribution is 2.23. The van der Waals surface area contributed by atoms with Gasteiger partial charge < -0.3 is 10.6 Å². The van der Waals surface area contributed by atoms with E-state index in [1.807, 2.05) is 18.2 Å². The van der Waals surface area contributed by atoms with Crippen LogP contribution in [0.1, 0.15) is 15.9 Å². The zero-order valence-corrected chi connectivity index (χ0v) is 12.8. The molecule has 0 atom stereocenters. The SMILES string of the molecule is CNC(=O)c1ccsc1NC(=O)C=Cc1ccccc1Cl. The molecule has 1 heterocycles. The van der Waals surface area contributed by atoms with Crippen LogP contribution in [-0.2, 0) is 4.79 Å². The Bertz CT molecular complexity index is 694. The molecule has 2 N–H and O–H groups in total. The number of thiophene rings is 1. The summed E-state index contributed by atoms with van der Waals surface area (Å²) < 4.78 is 0. The molecule has 0 saturated heterocycles. The van der Waals surface area contributed by atoms with Crippen LogP contribution in [0.15, 0.2) is 41.8 Å². The van der Waals surface area contributed by atoms with Crippen LogP contribution in [-0.4, -0.2) is 18.9 Å². The molecule has 0 spiro atoms. The van der Waals surface area contributed by atoms with Gasteiger partial charge >= 0.3 is 0 Å². The molecule has 0 fully saturated rings. The van der Waals surface area contributed by atoms with E-state index in [0.29, 0.717) is 15.6 Å². The van der Waals surface area contributed by atoms with E-state index in [2.05, 4.69) is 10.6 Å². The number of carbonyl (C=O) groups is 2. The van der Waals surface area contributed by atoms with Gasteiger partial charge in [0, 0.05) is 18.1 Å². The standard InChI is InChI=1S/C15H13ClN2O2S/c1-17-14(20)11-8-9-21-15(11)18-13(19)7-6-10-4-2-3-5-12(10)16/h2-9H,1H3,(H,17,20)(H,18,19). The fourth-order valence-corrected chi connectivity index (χ4v) is 2.63. The first-order valence-corrected chi connectivity index (χ1v) is 7.40. The van der Waals surface area contributed by atoms with Crippen molar-refractivity contribution in [2.75, 3.05) is 12.4 Å². The molecule has 0 radical (unpaired) electrons. The van der Waals surface area contributed by atoms with Crippen LogP contribution in [0, 0.1) is 0 Å². The summed E-state index contributed by atoms with van der Waals surface area (Å²) in [4.78, 5) is 23.5. The van der Waals surface area contributed by atoms with Gasteiger partial charge in [0.05, 0.1) is 5.56 Å². The van der Waals surface area contributed by atoms with Gasteiger partial charge in [0.25, 0.3) is 5.91 Å². The lowest BCUT2D eigenvalue weighted by atomic mass is 10.2. The zero-order chi connectivity index (χ0) is 15.2. The van der Waals surface area contributed by atoms with Crippen molar-refractivity contribution in [2.24, 2.45) is 0 Å². The molecule has 2 amide bonds.